The molecule has 3 saturated heterocycles. The van der Waals surface area contributed by atoms with E-state index in [1.54, 1.807) is 83.1 Å². The summed E-state index contributed by atoms with van der Waals surface area (Å²) in [5.74, 6) is -1.86. The van der Waals surface area contributed by atoms with Gasteiger partial charge in [-0.05, 0) is 175 Å². The van der Waals surface area contributed by atoms with Crippen LogP contribution in [0.25, 0.3) is 0 Å². The van der Waals surface area contributed by atoms with Crippen molar-refractivity contribution in [2.24, 2.45) is 73.9 Å². The van der Waals surface area contributed by atoms with Gasteiger partial charge in [0.25, 0.3) is 0 Å². The van der Waals surface area contributed by atoms with Crippen molar-refractivity contribution in [1.82, 2.24) is 0 Å². The van der Waals surface area contributed by atoms with Crippen LogP contribution in [0.15, 0.2) is 0 Å². The van der Waals surface area contributed by atoms with E-state index in [-0.39, 0.29) is 35.4 Å². The number of fused-ring (bicyclic) bond motifs is 7. The van der Waals surface area contributed by atoms with E-state index in [0.717, 1.165) is 57.8 Å². The monoisotopic (exact) mass is 931 g/mol. The van der Waals surface area contributed by atoms with E-state index in [2.05, 4.69) is 27.7 Å². The molecule has 4 aliphatic carbocycles. The first-order chi connectivity index (χ1) is 30.2. The van der Waals surface area contributed by atoms with Gasteiger partial charge in [-0.15, -0.1) is 0 Å². The summed E-state index contributed by atoms with van der Waals surface area (Å²) in [5.41, 5.74) is -3.74. The molecule has 0 aromatic carbocycles. The highest BCUT2D eigenvalue weighted by Crippen LogP contribution is 2.73. The fourth-order valence-electron chi connectivity index (χ4n) is 13.4. The summed E-state index contributed by atoms with van der Waals surface area (Å²) in [7, 11) is 0. The van der Waals surface area contributed by atoms with Gasteiger partial charge in [0.15, 0.2) is 36.2 Å². The SMILES string of the molecule is C[C@@H]1CC[C@@]2(OC1)O[C@@]1(O)C[C@H]3[C@@H]4CC[C@H]5C[C@@H](O[C@@H]6O[C@H](COC(=O)C(C)(C)C)[C@@H](OC(=O)C(C)(C)C)[C@H](OC(=O)C(C)(C)C)[C@H]6OC(=O)C(C)(C)C)CC[C@]5(C)[C@H]4CC[C@]3(C)[C@H]1[C@@H]2C. The van der Waals surface area contributed by atoms with Crippen molar-refractivity contribution in [3.8, 4) is 0 Å². The van der Waals surface area contributed by atoms with E-state index in [9.17, 15) is 24.3 Å². The lowest BCUT2D eigenvalue weighted by atomic mass is 9.44. The Morgan fingerprint density at radius 2 is 1.21 bits per heavy atom. The molecule has 0 aromatic heterocycles. The van der Waals surface area contributed by atoms with E-state index in [1.165, 1.54) is 0 Å². The normalized spacial score (nSPS) is 43.7. The van der Waals surface area contributed by atoms with Gasteiger partial charge < -0.3 is 43.0 Å². The number of esters is 4. The van der Waals surface area contributed by atoms with Crippen LogP contribution in [0.4, 0.5) is 0 Å². The van der Waals surface area contributed by atoms with Crippen molar-refractivity contribution in [2.45, 2.75) is 223 Å². The molecule has 0 unspecified atom stereocenters. The smallest absolute Gasteiger partial charge is 0.311 e. The molecular formula is C53H86O13. The third-order valence-electron chi connectivity index (χ3n) is 17.4. The van der Waals surface area contributed by atoms with Crippen molar-refractivity contribution in [1.29, 1.82) is 0 Å². The molecule has 17 atom stereocenters. The van der Waals surface area contributed by atoms with Gasteiger partial charge in [0.05, 0.1) is 34.4 Å². The van der Waals surface area contributed by atoms with Crippen LogP contribution < -0.4 is 0 Å². The van der Waals surface area contributed by atoms with Crippen molar-refractivity contribution in [3.05, 3.63) is 0 Å². The molecule has 4 saturated carbocycles. The van der Waals surface area contributed by atoms with E-state index < -0.39 is 87.8 Å². The lowest BCUT2D eigenvalue weighted by Gasteiger charge is -2.61. The van der Waals surface area contributed by atoms with Crippen LogP contribution in [0, 0.1) is 73.9 Å². The second-order valence-corrected chi connectivity index (χ2v) is 26.7. The first-order valence-corrected chi connectivity index (χ1v) is 25.4. The molecule has 66 heavy (non-hydrogen) atoms. The second-order valence-electron chi connectivity index (χ2n) is 26.7. The Bertz CT molecular complexity index is 1830. The Kier molecular flexibility index (Phi) is 13.7. The minimum atomic E-state index is -1.36. The highest BCUT2D eigenvalue weighted by Gasteiger charge is 2.74. The third-order valence-corrected chi connectivity index (χ3v) is 17.4. The van der Waals surface area contributed by atoms with Crippen LogP contribution in [0.5, 0.6) is 0 Å². The maximum absolute atomic E-state index is 13.9. The van der Waals surface area contributed by atoms with Crippen LogP contribution in [0.2, 0.25) is 0 Å². The maximum atomic E-state index is 13.9. The Labute approximate surface area is 395 Å². The van der Waals surface area contributed by atoms with Gasteiger partial charge in [0.2, 0.25) is 0 Å². The molecule has 7 aliphatic rings. The summed E-state index contributed by atoms with van der Waals surface area (Å²) < 4.78 is 51.6. The maximum Gasteiger partial charge on any atom is 0.311 e. The molecule has 0 bridgehead atoms. The zero-order chi connectivity index (χ0) is 49.0. The van der Waals surface area contributed by atoms with Crippen LogP contribution in [0.1, 0.15) is 175 Å². The van der Waals surface area contributed by atoms with Crippen molar-refractivity contribution < 1.29 is 62.2 Å². The molecule has 0 radical (unpaired) electrons. The molecule has 0 amide bonds. The summed E-state index contributed by atoms with van der Waals surface area (Å²) in [6, 6.07) is 0. The Morgan fingerprint density at radius 1 is 0.652 bits per heavy atom. The number of carbonyl (C=O) groups excluding carboxylic acids is 4. The van der Waals surface area contributed by atoms with Crippen LogP contribution >= 0.6 is 0 Å². The number of ether oxygens (including phenoxy) is 8. The van der Waals surface area contributed by atoms with Gasteiger partial charge in [-0.25, -0.2) is 0 Å². The standard InChI is InChI=1S/C53H86O13/c1-29-19-24-53(60-27-29)30(2)40-51(16)23-21-34-33(35(51)26-52(40,58)66-53)18-17-31-25-32(20-22-50(31,34)15)61-41-39(65-45(57)49(12,13)14)38(64-44(56)48(9,10)11)37(63-43(55)47(6,7)8)36(62-41)28-59-42(54)46(3,4)5/h29-41,58H,17-28H2,1-16H3/t29-,30+,31+,32+,33-,34+,35+,36-,37-,38+,39-,40-,41-,50+,51+,52+,53-/m1/s1. The lowest BCUT2D eigenvalue weighted by Crippen LogP contribution is -2.64. The fourth-order valence-corrected chi connectivity index (χ4v) is 13.4. The van der Waals surface area contributed by atoms with Gasteiger partial charge >= 0.3 is 23.9 Å². The highest BCUT2D eigenvalue weighted by atomic mass is 16.8. The van der Waals surface area contributed by atoms with Crippen LogP contribution in [-0.4, -0.2) is 90.6 Å². The lowest BCUT2D eigenvalue weighted by molar-refractivity contribution is -0.331. The molecule has 3 heterocycles. The van der Waals surface area contributed by atoms with Gasteiger partial charge in [-0.3, -0.25) is 19.2 Å². The van der Waals surface area contributed by atoms with Crippen LogP contribution in [0.3, 0.4) is 0 Å². The molecule has 3 aliphatic heterocycles. The molecule has 7 rings (SSSR count). The summed E-state index contributed by atoms with van der Waals surface area (Å²) in [6.07, 6.45) is 2.46. The fraction of sp³-hybridized carbons (Fsp3) is 0.925. The average molecular weight is 931 g/mol. The number of carbonyl (C=O) groups is 4. The first-order valence-electron chi connectivity index (χ1n) is 25.4. The number of rotatable bonds is 7. The molecule has 13 nitrogen and oxygen atoms in total. The predicted octanol–water partition coefficient (Wildman–Crippen LogP) is 9.33. The van der Waals surface area contributed by atoms with Crippen molar-refractivity contribution in [2.75, 3.05) is 13.2 Å². The van der Waals surface area contributed by atoms with Crippen molar-refractivity contribution >= 4 is 23.9 Å². The Balaban J connectivity index is 1.14. The number of aliphatic hydroxyl groups is 1. The molecule has 7 fully saturated rings. The third kappa shape index (κ3) is 9.49. The molecule has 376 valence electrons. The minimum Gasteiger partial charge on any atom is -0.462 e. The summed E-state index contributed by atoms with van der Waals surface area (Å²) in [4.78, 5) is 54.6. The minimum absolute atomic E-state index is 0.0266. The number of hydrogen-bond donors (Lipinski definition) is 1. The molecule has 0 aromatic rings. The van der Waals surface area contributed by atoms with E-state index in [1.807, 2.05) is 0 Å². The topological polar surface area (TPSA) is 162 Å². The van der Waals surface area contributed by atoms with E-state index in [0.29, 0.717) is 42.6 Å². The van der Waals surface area contributed by atoms with Crippen LogP contribution in [-0.2, 0) is 57.1 Å². The molecule has 13 heteroatoms. The Morgan fingerprint density at radius 3 is 1.77 bits per heavy atom. The molecular weight excluding hydrogens is 845 g/mol. The van der Waals surface area contributed by atoms with Gasteiger partial charge in [-0.2, -0.15) is 0 Å². The summed E-state index contributed by atoms with van der Waals surface area (Å²) in [5, 5.41) is 12.5. The van der Waals surface area contributed by atoms with E-state index >= 15 is 0 Å². The van der Waals surface area contributed by atoms with E-state index in [4.69, 9.17) is 37.9 Å². The number of hydrogen-bond acceptors (Lipinski definition) is 13. The first kappa shape index (κ1) is 51.5. The predicted molar refractivity (Wildman–Crippen MR) is 245 cm³/mol. The van der Waals surface area contributed by atoms with Gasteiger partial charge in [-0.1, -0.05) is 27.7 Å². The van der Waals surface area contributed by atoms with Crippen molar-refractivity contribution in [3.63, 3.8) is 0 Å². The zero-order valence-corrected chi connectivity index (χ0v) is 43.3. The molecule has 1 N–H and O–H groups in total. The second kappa shape index (κ2) is 17.5. The summed E-state index contributed by atoms with van der Waals surface area (Å²) >= 11 is 0. The summed E-state index contributed by atoms with van der Waals surface area (Å²) in [6.45, 7) is 30.4. The quantitative estimate of drug-likeness (QED) is 0.146. The zero-order valence-electron chi connectivity index (χ0n) is 43.3. The van der Waals surface area contributed by atoms with Gasteiger partial charge in [0.1, 0.15) is 12.7 Å². The molecule has 1 spiro atoms. The van der Waals surface area contributed by atoms with Gasteiger partial charge in [0, 0.05) is 24.7 Å². The average Bonchev–Trinajstić information content (AvgIpc) is 3.56. The largest absolute Gasteiger partial charge is 0.462 e. The highest BCUT2D eigenvalue weighted by molar-refractivity contribution is 5.78. The Hall–Kier alpha value is -2.32.